The number of non-ortho nitro benzene ring substituents is 1. The van der Waals surface area contributed by atoms with Crippen molar-refractivity contribution in [3.63, 3.8) is 0 Å². The molecule has 0 heterocycles. The Morgan fingerprint density at radius 2 is 1.79 bits per heavy atom. The average Bonchev–Trinajstić information content (AvgIpc) is 2.81. The van der Waals surface area contributed by atoms with Gasteiger partial charge in [-0.05, 0) is 11.6 Å². The third kappa shape index (κ3) is 7.47. The molecule has 0 saturated heterocycles. The fourth-order valence-electron chi connectivity index (χ4n) is 2.83. The molecule has 0 aliphatic rings. The molecule has 0 bridgehead atoms. The number of carboxylic acid groups (broad SMARTS) is 1. The molecule has 2 rings (SSSR count). The number of alkyl carbamates (subject to hydrolysis) is 1. The summed E-state index contributed by atoms with van der Waals surface area (Å²) in [5.74, 6) is -2.21. The first kappa shape index (κ1) is 25.1. The minimum Gasteiger partial charge on any atom is -0.496 e. The molecule has 4 N–H and O–H groups in total. The summed E-state index contributed by atoms with van der Waals surface area (Å²) in [6, 6.07) is 9.39. The van der Waals surface area contributed by atoms with Crippen molar-refractivity contribution in [1.29, 1.82) is 0 Å². The fourth-order valence-corrected chi connectivity index (χ4v) is 2.83. The Morgan fingerprint density at radius 1 is 1.09 bits per heavy atom. The van der Waals surface area contributed by atoms with E-state index in [4.69, 9.17) is 9.47 Å². The van der Waals surface area contributed by atoms with Crippen molar-refractivity contribution in [3.8, 4) is 5.75 Å². The molecule has 2 atom stereocenters. The number of nitrogens with zero attached hydrogens (tertiary/aromatic N) is 1. The van der Waals surface area contributed by atoms with Crippen molar-refractivity contribution in [1.82, 2.24) is 10.6 Å². The molecule has 2 aromatic carbocycles. The second kappa shape index (κ2) is 12.0. The van der Waals surface area contributed by atoms with Gasteiger partial charge in [0.25, 0.3) is 5.69 Å². The topological polar surface area (TPSA) is 177 Å². The molecule has 0 aromatic heterocycles. The molecule has 0 aliphatic heterocycles. The van der Waals surface area contributed by atoms with E-state index in [0.717, 1.165) is 6.07 Å². The molecule has 0 unspecified atom stereocenters. The summed E-state index contributed by atoms with van der Waals surface area (Å²) in [4.78, 5) is 46.5. The number of benzene rings is 2. The highest BCUT2D eigenvalue weighted by molar-refractivity contribution is 5.89. The summed E-state index contributed by atoms with van der Waals surface area (Å²) in [7, 11) is 1.31. The van der Waals surface area contributed by atoms with Gasteiger partial charge in [0, 0.05) is 24.1 Å². The average molecular weight is 461 g/mol. The molecule has 12 heteroatoms. The molecule has 12 nitrogen and oxygen atoms in total. The van der Waals surface area contributed by atoms with E-state index in [-0.39, 0.29) is 30.0 Å². The predicted octanol–water partition coefficient (Wildman–Crippen LogP) is 1.00. The van der Waals surface area contributed by atoms with E-state index in [1.54, 1.807) is 30.3 Å². The number of nitrogens with one attached hydrogen (secondary N) is 2. The van der Waals surface area contributed by atoms with Gasteiger partial charge in [0.05, 0.1) is 18.6 Å². The van der Waals surface area contributed by atoms with Crippen LogP contribution in [-0.4, -0.2) is 58.9 Å². The smallest absolute Gasteiger partial charge is 0.408 e. The van der Waals surface area contributed by atoms with Crippen LogP contribution in [-0.2, 0) is 27.4 Å². The summed E-state index contributed by atoms with van der Waals surface area (Å²) >= 11 is 0. The molecule has 33 heavy (non-hydrogen) atoms. The van der Waals surface area contributed by atoms with Gasteiger partial charge in [-0.25, -0.2) is 9.59 Å². The largest absolute Gasteiger partial charge is 0.496 e. The van der Waals surface area contributed by atoms with E-state index in [9.17, 15) is 34.7 Å². The SMILES string of the molecule is COc1ccc([N+](=O)[O-])cc1C[C@H](NC(=O)[C@H](CO)NC(=O)OCc1ccccc1)C(=O)O. The summed E-state index contributed by atoms with van der Waals surface area (Å²) in [5, 5.41) is 34.4. The zero-order chi connectivity index (χ0) is 24.4. The second-order valence-corrected chi connectivity index (χ2v) is 6.80. The molecule has 176 valence electrons. The molecule has 0 aliphatic carbocycles. The highest BCUT2D eigenvalue weighted by atomic mass is 16.6. The van der Waals surface area contributed by atoms with Crippen molar-refractivity contribution < 1.29 is 39.0 Å². The summed E-state index contributed by atoms with van der Waals surface area (Å²) < 4.78 is 10.1. The lowest BCUT2D eigenvalue weighted by Gasteiger charge is -2.20. The highest BCUT2D eigenvalue weighted by Crippen LogP contribution is 2.25. The van der Waals surface area contributed by atoms with E-state index in [1.807, 2.05) is 0 Å². The monoisotopic (exact) mass is 461 g/mol. The Kier molecular flexibility index (Phi) is 9.12. The van der Waals surface area contributed by atoms with Crippen LogP contribution in [0, 0.1) is 10.1 Å². The van der Waals surface area contributed by atoms with Crippen LogP contribution in [0.4, 0.5) is 10.5 Å². The van der Waals surface area contributed by atoms with Gasteiger partial charge in [-0.3, -0.25) is 14.9 Å². The number of carbonyl (C=O) groups excluding carboxylic acids is 2. The van der Waals surface area contributed by atoms with Gasteiger partial charge in [0.2, 0.25) is 5.91 Å². The van der Waals surface area contributed by atoms with Crippen LogP contribution in [0.3, 0.4) is 0 Å². The lowest BCUT2D eigenvalue weighted by atomic mass is 10.0. The van der Waals surface area contributed by atoms with Crippen LogP contribution >= 0.6 is 0 Å². The van der Waals surface area contributed by atoms with Gasteiger partial charge in [0.1, 0.15) is 24.4 Å². The quantitative estimate of drug-likeness (QED) is 0.281. The van der Waals surface area contributed by atoms with Gasteiger partial charge in [-0.15, -0.1) is 0 Å². The van der Waals surface area contributed by atoms with Crippen LogP contribution in [0.15, 0.2) is 48.5 Å². The number of hydrogen-bond acceptors (Lipinski definition) is 8. The van der Waals surface area contributed by atoms with Crippen LogP contribution < -0.4 is 15.4 Å². The summed E-state index contributed by atoms with van der Waals surface area (Å²) in [6.45, 7) is -0.893. The van der Waals surface area contributed by atoms with Gasteiger partial charge in [0.15, 0.2) is 0 Å². The summed E-state index contributed by atoms with van der Waals surface area (Å²) in [5.41, 5.74) is 0.599. The maximum Gasteiger partial charge on any atom is 0.408 e. The minimum absolute atomic E-state index is 0.0726. The van der Waals surface area contributed by atoms with E-state index in [2.05, 4.69) is 10.6 Å². The van der Waals surface area contributed by atoms with Crippen molar-refractivity contribution >= 4 is 23.7 Å². The van der Waals surface area contributed by atoms with E-state index in [1.165, 1.54) is 19.2 Å². The minimum atomic E-state index is -1.52. The molecule has 0 saturated carbocycles. The number of rotatable bonds is 11. The van der Waals surface area contributed by atoms with Gasteiger partial charge in [-0.2, -0.15) is 0 Å². The van der Waals surface area contributed by atoms with Crippen molar-refractivity contribution in [3.05, 3.63) is 69.8 Å². The normalized spacial score (nSPS) is 12.2. The number of carboxylic acids is 1. The molecule has 2 amide bonds. The Labute approximate surface area is 188 Å². The number of aliphatic carboxylic acids is 1. The van der Waals surface area contributed by atoms with Gasteiger partial charge in [-0.1, -0.05) is 30.3 Å². The van der Waals surface area contributed by atoms with Crippen LogP contribution in [0.5, 0.6) is 5.75 Å². The van der Waals surface area contributed by atoms with E-state index < -0.39 is 41.6 Å². The Hall–Kier alpha value is -4.19. The Balaban J connectivity index is 2.04. The van der Waals surface area contributed by atoms with Gasteiger partial charge < -0.3 is 30.3 Å². The zero-order valence-corrected chi connectivity index (χ0v) is 17.6. The number of carbonyl (C=O) groups is 3. The first-order valence-electron chi connectivity index (χ1n) is 9.67. The number of ether oxygens (including phenoxy) is 2. The molecule has 0 radical (unpaired) electrons. The number of nitro groups is 1. The molecule has 2 aromatic rings. The number of aliphatic hydroxyl groups excluding tert-OH is 1. The van der Waals surface area contributed by atoms with Crippen LogP contribution in [0.1, 0.15) is 11.1 Å². The highest BCUT2D eigenvalue weighted by Gasteiger charge is 2.28. The number of nitro benzene ring substituents is 1. The lowest BCUT2D eigenvalue weighted by Crippen LogP contribution is -2.53. The third-order valence-corrected chi connectivity index (χ3v) is 4.52. The number of aliphatic hydroxyl groups is 1. The van der Waals surface area contributed by atoms with E-state index >= 15 is 0 Å². The maximum atomic E-state index is 12.5. The van der Waals surface area contributed by atoms with Crippen molar-refractivity contribution in [2.75, 3.05) is 13.7 Å². The van der Waals surface area contributed by atoms with Gasteiger partial charge >= 0.3 is 12.1 Å². The molecular formula is C21H23N3O9. The lowest BCUT2D eigenvalue weighted by molar-refractivity contribution is -0.384. The second-order valence-electron chi connectivity index (χ2n) is 6.80. The molecule has 0 fully saturated rings. The zero-order valence-electron chi connectivity index (χ0n) is 17.6. The Bertz CT molecular complexity index is 998. The Morgan fingerprint density at radius 3 is 2.36 bits per heavy atom. The third-order valence-electron chi connectivity index (χ3n) is 4.52. The van der Waals surface area contributed by atoms with Crippen molar-refractivity contribution in [2.24, 2.45) is 0 Å². The first-order valence-corrected chi connectivity index (χ1v) is 9.67. The molecule has 0 spiro atoms. The summed E-state index contributed by atoms with van der Waals surface area (Å²) in [6.07, 6.45) is -1.33. The number of methoxy groups -OCH3 is 1. The van der Waals surface area contributed by atoms with Crippen molar-refractivity contribution in [2.45, 2.75) is 25.1 Å². The first-order chi connectivity index (χ1) is 15.7. The predicted molar refractivity (Wildman–Crippen MR) is 114 cm³/mol. The maximum absolute atomic E-state index is 12.5. The fraction of sp³-hybridized carbons (Fsp3) is 0.286. The standard InChI is InChI=1S/C21H23N3O9/c1-32-18-8-7-15(24(30)31)9-14(18)10-16(20(27)28)22-19(26)17(11-25)23-21(29)33-12-13-5-3-2-4-6-13/h2-9,16-17,25H,10-12H2,1H3,(H,22,26)(H,23,29)(H,27,28)/t16-,17-/m0/s1. The van der Waals surface area contributed by atoms with Crippen LogP contribution in [0.2, 0.25) is 0 Å². The van der Waals surface area contributed by atoms with Crippen LogP contribution in [0.25, 0.3) is 0 Å². The number of hydrogen-bond donors (Lipinski definition) is 4. The number of amides is 2. The van der Waals surface area contributed by atoms with E-state index in [0.29, 0.717) is 5.56 Å². The molecular weight excluding hydrogens is 438 g/mol.